The number of carbonyl (C=O) groups is 5. The molecule has 0 radical (unpaired) electrons. The number of nitrogens with zero attached hydrogens (tertiary/aromatic N) is 3. The Labute approximate surface area is 475 Å². The number of benzene rings is 5. The van der Waals surface area contributed by atoms with Crippen molar-refractivity contribution in [3.63, 3.8) is 0 Å². The molecule has 0 aliphatic rings. The van der Waals surface area contributed by atoms with Gasteiger partial charge in [0.15, 0.2) is 6.10 Å². The minimum Gasteiger partial charge on any atom is -0.489 e. The third-order valence-corrected chi connectivity index (χ3v) is 13.4. The summed E-state index contributed by atoms with van der Waals surface area (Å²) in [5, 5.41) is 61.2. The van der Waals surface area contributed by atoms with Gasteiger partial charge in [-0.05, 0) is 121 Å². The Bertz CT molecular complexity index is 2720. The van der Waals surface area contributed by atoms with E-state index in [0.717, 1.165) is 60.1 Å². The summed E-state index contributed by atoms with van der Waals surface area (Å²) in [7, 11) is 0. The molecule has 0 aliphatic carbocycles. The van der Waals surface area contributed by atoms with Gasteiger partial charge < -0.3 is 49.2 Å². The maximum Gasteiger partial charge on any atom is 0.317 e. The van der Waals surface area contributed by atoms with Crippen LogP contribution in [0, 0.1) is 6.92 Å². The summed E-state index contributed by atoms with van der Waals surface area (Å²) >= 11 is 0.689. The second-order valence-electron chi connectivity index (χ2n) is 19.4. The molecule has 5 rings (SSSR count). The van der Waals surface area contributed by atoms with Crippen LogP contribution in [0.2, 0.25) is 0 Å². The average molecular weight is 1140 g/mol. The van der Waals surface area contributed by atoms with Gasteiger partial charge in [-0.1, -0.05) is 92.4 Å². The largest absolute Gasteiger partial charge is 0.489 e. The third-order valence-electron chi connectivity index (χ3n) is 12.7. The molecule has 0 aliphatic heterocycles. The average Bonchev–Trinajstić information content (AvgIpc) is 3.46. The van der Waals surface area contributed by atoms with Crippen LogP contribution in [0.1, 0.15) is 72.9 Å². The van der Waals surface area contributed by atoms with Crippen molar-refractivity contribution in [3.05, 3.63) is 143 Å². The molecule has 0 saturated carbocycles. The topological polar surface area (TPSA) is 281 Å². The minimum atomic E-state index is -1.33. The van der Waals surface area contributed by atoms with Crippen LogP contribution in [0.4, 0.5) is 0 Å². The molecule has 0 heterocycles. The van der Waals surface area contributed by atoms with Gasteiger partial charge in [0.1, 0.15) is 55.2 Å². The molecule has 5 aromatic carbocycles. The summed E-state index contributed by atoms with van der Waals surface area (Å²) in [6.45, 7) is 2.97. The number of aryl methyl sites for hydroxylation is 3. The maximum atomic E-state index is 12.1. The standard InChI is InChI=1S/C59H73N3O18S/c1-4-6-8-42-10-14-45(15-11-42)37-74-49-22-24-52(41(3)28-49)76-39-51(40-77-53-25-23-50(30-54(53)81-80-79-73)75-38-46-16-12-43(13-17-46)9-7-5-2)78-48-20-18-44(19-21-48)29-47(62(35-58(69)70)36-59(71)72)31-60(32-55(63)64)26-27-61(33-56(65)66)34-57(67)68/h10-25,28,30,47,51,73H,4-9,26-27,29,31-40H2,1-3H3,(H,63,64)(H,65,66)(H,67,68)(H,69,70)(H,71,72). The second-order valence-corrected chi connectivity index (χ2v) is 20.1. The van der Waals surface area contributed by atoms with Crippen molar-refractivity contribution in [1.82, 2.24) is 14.7 Å². The molecule has 438 valence electrons. The first-order chi connectivity index (χ1) is 39.0. The van der Waals surface area contributed by atoms with Gasteiger partial charge in [-0.15, -0.1) is 4.33 Å². The molecule has 0 bridgehead atoms. The Morgan fingerprint density at radius 3 is 1.46 bits per heavy atom. The molecule has 0 saturated heterocycles. The fraction of sp³-hybridized carbons (Fsp3) is 0.407. The van der Waals surface area contributed by atoms with Gasteiger partial charge in [0.25, 0.3) is 0 Å². The molecule has 0 spiro atoms. The minimum absolute atomic E-state index is 0.0238. The van der Waals surface area contributed by atoms with E-state index in [1.54, 1.807) is 48.5 Å². The highest BCUT2D eigenvalue weighted by Crippen LogP contribution is 2.35. The smallest absolute Gasteiger partial charge is 0.317 e. The molecule has 2 atom stereocenters. The van der Waals surface area contributed by atoms with E-state index in [0.29, 0.717) is 64.5 Å². The van der Waals surface area contributed by atoms with Crippen LogP contribution in [-0.4, -0.2) is 153 Å². The first-order valence-electron chi connectivity index (χ1n) is 26.6. The predicted octanol–water partition coefficient (Wildman–Crippen LogP) is 8.41. The number of rotatable bonds is 41. The summed E-state index contributed by atoms with van der Waals surface area (Å²) in [5.74, 6) is -4.15. The molecular formula is C59H73N3O18S. The highest BCUT2D eigenvalue weighted by atomic mass is 32.2. The zero-order valence-electron chi connectivity index (χ0n) is 45.8. The number of carboxylic acids is 5. The van der Waals surface area contributed by atoms with E-state index < -0.39 is 74.7 Å². The Balaban J connectivity index is 1.36. The molecule has 0 aromatic heterocycles. The maximum absolute atomic E-state index is 12.1. The third kappa shape index (κ3) is 24.4. The summed E-state index contributed by atoms with van der Waals surface area (Å²) in [4.78, 5) is 63.2. The van der Waals surface area contributed by atoms with Crippen LogP contribution in [-0.2, 0) is 65.8 Å². The Hall–Kier alpha value is -7.44. The van der Waals surface area contributed by atoms with E-state index in [-0.39, 0.29) is 39.3 Å². The van der Waals surface area contributed by atoms with Gasteiger partial charge in [-0.3, -0.25) is 38.7 Å². The first kappa shape index (κ1) is 64.4. The monoisotopic (exact) mass is 1140 g/mol. The van der Waals surface area contributed by atoms with E-state index in [1.165, 1.54) is 20.9 Å². The van der Waals surface area contributed by atoms with Gasteiger partial charge in [0.05, 0.1) is 49.7 Å². The number of carboxylic acid groups (broad SMARTS) is 5. The molecule has 0 fully saturated rings. The highest BCUT2D eigenvalue weighted by molar-refractivity contribution is 7.94. The highest BCUT2D eigenvalue weighted by Gasteiger charge is 2.28. The van der Waals surface area contributed by atoms with Gasteiger partial charge >= 0.3 is 29.8 Å². The van der Waals surface area contributed by atoms with Crippen LogP contribution in [0.25, 0.3) is 0 Å². The fourth-order valence-corrected chi connectivity index (χ4v) is 9.09. The van der Waals surface area contributed by atoms with E-state index in [9.17, 15) is 49.5 Å². The number of aliphatic carboxylic acids is 5. The van der Waals surface area contributed by atoms with Crippen molar-refractivity contribution in [2.75, 3.05) is 65.6 Å². The van der Waals surface area contributed by atoms with E-state index >= 15 is 0 Å². The summed E-state index contributed by atoms with van der Waals surface area (Å²) < 4.78 is 36.3. The number of unbranched alkanes of at least 4 members (excludes halogenated alkanes) is 2. The molecule has 5 aromatic rings. The number of hydrogen-bond donors (Lipinski definition) is 6. The lowest BCUT2D eigenvalue weighted by Gasteiger charge is -2.34. The molecule has 2 unspecified atom stereocenters. The van der Waals surface area contributed by atoms with Crippen molar-refractivity contribution in [3.8, 4) is 28.7 Å². The van der Waals surface area contributed by atoms with Crippen LogP contribution >= 0.6 is 12.0 Å². The zero-order valence-corrected chi connectivity index (χ0v) is 46.6. The van der Waals surface area contributed by atoms with Crippen molar-refractivity contribution in [2.24, 2.45) is 0 Å². The van der Waals surface area contributed by atoms with E-state index in [2.05, 4.69) is 55.3 Å². The van der Waals surface area contributed by atoms with Gasteiger partial charge in [0, 0.05) is 25.7 Å². The lowest BCUT2D eigenvalue weighted by atomic mass is 10.0. The lowest BCUT2D eigenvalue weighted by Crippen LogP contribution is -2.51. The summed E-state index contributed by atoms with van der Waals surface area (Å²) in [5.41, 5.74) is 5.94. The van der Waals surface area contributed by atoms with Crippen molar-refractivity contribution >= 4 is 41.9 Å². The Kier molecular flexibility index (Phi) is 27.5. The zero-order chi connectivity index (χ0) is 58.5. The van der Waals surface area contributed by atoms with Crippen molar-refractivity contribution < 1.29 is 87.8 Å². The number of hydrogen-bond acceptors (Lipinski definition) is 17. The second kappa shape index (κ2) is 34.6. The van der Waals surface area contributed by atoms with Crippen molar-refractivity contribution in [2.45, 2.75) is 96.0 Å². The van der Waals surface area contributed by atoms with Crippen LogP contribution < -0.4 is 23.7 Å². The molecule has 0 amide bonds. The van der Waals surface area contributed by atoms with Crippen LogP contribution in [0.15, 0.2) is 114 Å². The molecule has 21 nitrogen and oxygen atoms in total. The van der Waals surface area contributed by atoms with Gasteiger partial charge in [-0.25, -0.2) is 5.26 Å². The quantitative estimate of drug-likeness (QED) is 0.0122. The fourth-order valence-electron chi connectivity index (χ4n) is 8.61. The first-order valence-corrected chi connectivity index (χ1v) is 27.3. The number of ether oxygens (including phenoxy) is 5. The summed E-state index contributed by atoms with van der Waals surface area (Å²) in [6, 6.07) is 33.0. The molecular weight excluding hydrogens is 1070 g/mol. The Morgan fingerprint density at radius 2 is 0.963 bits per heavy atom. The molecule has 81 heavy (non-hydrogen) atoms. The molecule has 22 heteroatoms. The van der Waals surface area contributed by atoms with E-state index in [4.69, 9.17) is 33.3 Å². The predicted molar refractivity (Wildman–Crippen MR) is 299 cm³/mol. The Morgan fingerprint density at radius 1 is 0.519 bits per heavy atom. The van der Waals surface area contributed by atoms with Crippen LogP contribution in [0.3, 0.4) is 0 Å². The van der Waals surface area contributed by atoms with Crippen molar-refractivity contribution in [1.29, 1.82) is 0 Å². The molecule has 6 N–H and O–H groups in total. The SMILES string of the molecule is CCCCc1ccc(COc2ccc(OCC(COc3ccc(OCc4ccc(CCCC)cc4)cc3SOOO)Oc3ccc(CC(CN(CCN(CC(=O)O)CC(=O)O)CC(=O)O)N(CC(=O)O)CC(=O)O)cc3)c(C)c2)cc1. The summed E-state index contributed by atoms with van der Waals surface area (Å²) in [6.07, 6.45) is 5.74. The van der Waals surface area contributed by atoms with Gasteiger partial charge in [-0.2, -0.15) is 0 Å². The van der Waals surface area contributed by atoms with Gasteiger partial charge in [0.2, 0.25) is 0 Å². The van der Waals surface area contributed by atoms with Crippen LogP contribution in [0.5, 0.6) is 28.7 Å². The normalized spacial score (nSPS) is 12.0. The lowest BCUT2D eigenvalue weighted by molar-refractivity contribution is -0.432. The van der Waals surface area contributed by atoms with E-state index in [1.807, 2.05) is 31.2 Å².